The van der Waals surface area contributed by atoms with Crippen molar-refractivity contribution in [2.75, 3.05) is 0 Å². The van der Waals surface area contributed by atoms with E-state index in [4.69, 9.17) is 4.74 Å². The van der Waals surface area contributed by atoms with Gasteiger partial charge in [-0.25, -0.2) is 4.98 Å². The molecule has 0 atom stereocenters. The third-order valence-corrected chi connectivity index (χ3v) is 4.62. The van der Waals surface area contributed by atoms with Crippen LogP contribution < -0.4 is 0 Å². The van der Waals surface area contributed by atoms with E-state index in [0.717, 1.165) is 20.8 Å². The van der Waals surface area contributed by atoms with E-state index in [9.17, 15) is 4.79 Å². The molecule has 0 aliphatic heterocycles. The standard InChI is InChI=1S/C18H17NO2S/c1-12-7-8-14(9-13(12)2)10-18(20)21-11-17-19-15-5-3-4-6-16(15)22-17/h3-9H,10-11H2,1-2H3. The third kappa shape index (κ3) is 3.34. The number of benzene rings is 2. The summed E-state index contributed by atoms with van der Waals surface area (Å²) in [5.74, 6) is -0.220. The molecule has 0 radical (unpaired) electrons. The number of nitrogens with zero attached hydrogens (tertiary/aromatic N) is 1. The van der Waals surface area contributed by atoms with Gasteiger partial charge in [0.1, 0.15) is 11.6 Å². The molecule has 3 aromatic rings. The van der Waals surface area contributed by atoms with Crippen molar-refractivity contribution in [3.05, 3.63) is 64.2 Å². The highest BCUT2D eigenvalue weighted by Gasteiger charge is 2.09. The Hall–Kier alpha value is -2.20. The summed E-state index contributed by atoms with van der Waals surface area (Å²) in [6.07, 6.45) is 0.298. The van der Waals surface area contributed by atoms with Gasteiger partial charge in [-0.05, 0) is 42.7 Å². The third-order valence-electron chi connectivity index (χ3n) is 3.61. The van der Waals surface area contributed by atoms with Gasteiger partial charge in [0.15, 0.2) is 0 Å². The Labute approximate surface area is 133 Å². The summed E-state index contributed by atoms with van der Waals surface area (Å²) in [6, 6.07) is 14.0. The first-order valence-corrected chi connectivity index (χ1v) is 7.99. The highest BCUT2D eigenvalue weighted by atomic mass is 32.1. The zero-order valence-electron chi connectivity index (χ0n) is 12.6. The topological polar surface area (TPSA) is 39.2 Å². The van der Waals surface area contributed by atoms with E-state index in [1.165, 1.54) is 11.1 Å². The first-order valence-electron chi connectivity index (χ1n) is 7.18. The smallest absolute Gasteiger partial charge is 0.310 e. The van der Waals surface area contributed by atoms with Gasteiger partial charge in [-0.2, -0.15) is 0 Å². The van der Waals surface area contributed by atoms with Crippen LogP contribution in [0.2, 0.25) is 0 Å². The summed E-state index contributed by atoms with van der Waals surface area (Å²) in [5, 5.41) is 0.828. The van der Waals surface area contributed by atoms with Gasteiger partial charge in [0, 0.05) is 0 Å². The van der Waals surface area contributed by atoms with Gasteiger partial charge < -0.3 is 4.74 Å². The molecule has 0 amide bonds. The van der Waals surface area contributed by atoms with Crippen LogP contribution in [-0.2, 0) is 22.6 Å². The van der Waals surface area contributed by atoms with E-state index < -0.39 is 0 Å². The first-order chi connectivity index (χ1) is 10.6. The van der Waals surface area contributed by atoms with Gasteiger partial charge in [-0.1, -0.05) is 30.3 Å². The Bertz CT molecular complexity index is 790. The van der Waals surface area contributed by atoms with Crippen LogP contribution in [0.1, 0.15) is 21.7 Å². The maximum atomic E-state index is 12.0. The Balaban J connectivity index is 1.60. The molecule has 0 aliphatic rings. The van der Waals surface area contributed by atoms with Gasteiger partial charge in [0.25, 0.3) is 0 Å². The fourth-order valence-corrected chi connectivity index (χ4v) is 3.14. The molecule has 0 saturated heterocycles. The second-order valence-electron chi connectivity index (χ2n) is 5.33. The van der Waals surface area contributed by atoms with Crippen LogP contribution in [0.4, 0.5) is 0 Å². The number of carbonyl (C=O) groups excluding carboxylic acids is 1. The molecule has 1 aromatic heterocycles. The predicted molar refractivity (Wildman–Crippen MR) is 89.0 cm³/mol. The van der Waals surface area contributed by atoms with Crippen LogP contribution in [0, 0.1) is 13.8 Å². The average Bonchev–Trinajstić information content (AvgIpc) is 2.92. The second kappa shape index (κ2) is 6.28. The highest BCUT2D eigenvalue weighted by molar-refractivity contribution is 7.18. The van der Waals surface area contributed by atoms with Gasteiger partial charge in [-0.3, -0.25) is 4.79 Å². The molecule has 0 unspecified atom stereocenters. The number of aryl methyl sites for hydroxylation is 2. The number of fused-ring (bicyclic) bond motifs is 1. The molecule has 0 spiro atoms. The Morgan fingerprint density at radius 3 is 2.73 bits per heavy atom. The average molecular weight is 311 g/mol. The number of esters is 1. The molecule has 0 fully saturated rings. The van der Waals surface area contributed by atoms with E-state index in [1.54, 1.807) is 11.3 Å². The lowest BCUT2D eigenvalue weighted by Gasteiger charge is -2.05. The number of ether oxygens (including phenoxy) is 1. The minimum atomic E-state index is -0.220. The molecule has 3 rings (SSSR count). The number of rotatable bonds is 4. The van der Waals surface area contributed by atoms with Crippen molar-refractivity contribution in [3.63, 3.8) is 0 Å². The van der Waals surface area contributed by atoms with E-state index >= 15 is 0 Å². The van der Waals surface area contributed by atoms with Gasteiger partial charge >= 0.3 is 5.97 Å². The maximum absolute atomic E-state index is 12.0. The summed E-state index contributed by atoms with van der Waals surface area (Å²) in [6.45, 7) is 4.35. The summed E-state index contributed by atoms with van der Waals surface area (Å²) in [5.41, 5.74) is 4.35. The van der Waals surface area contributed by atoms with Gasteiger partial charge in [0.05, 0.1) is 16.6 Å². The normalized spacial score (nSPS) is 10.8. The van der Waals surface area contributed by atoms with E-state index in [-0.39, 0.29) is 12.6 Å². The summed E-state index contributed by atoms with van der Waals surface area (Å²) in [4.78, 5) is 16.4. The monoisotopic (exact) mass is 311 g/mol. The molecule has 3 nitrogen and oxygen atoms in total. The van der Waals surface area contributed by atoms with Crippen LogP contribution in [0.3, 0.4) is 0 Å². The lowest BCUT2D eigenvalue weighted by molar-refractivity contribution is -0.144. The lowest BCUT2D eigenvalue weighted by Crippen LogP contribution is -2.08. The molecular weight excluding hydrogens is 294 g/mol. The zero-order chi connectivity index (χ0) is 15.5. The SMILES string of the molecule is Cc1ccc(CC(=O)OCc2nc3ccccc3s2)cc1C. The van der Waals surface area contributed by atoms with E-state index in [0.29, 0.717) is 6.42 Å². The maximum Gasteiger partial charge on any atom is 0.310 e. The number of hydrogen-bond acceptors (Lipinski definition) is 4. The minimum absolute atomic E-state index is 0.220. The number of hydrogen-bond donors (Lipinski definition) is 0. The molecule has 112 valence electrons. The van der Waals surface area contributed by atoms with Crippen LogP contribution in [-0.4, -0.2) is 11.0 Å². The Morgan fingerprint density at radius 2 is 1.95 bits per heavy atom. The Kier molecular flexibility index (Phi) is 4.20. The fourth-order valence-electron chi connectivity index (χ4n) is 2.26. The van der Waals surface area contributed by atoms with Crippen molar-refractivity contribution in [1.29, 1.82) is 0 Å². The zero-order valence-corrected chi connectivity index (χ0v) is 13.4. The number of para-hydroxylation sites is 1. The van der Waals surface area contributed by atoms with Gasteiger partial charge in [0.2, 0.25) is 0 Å². The summed E-state index contributed by atoms with van der Waals surface area (Å²) >= 11 is 1.56. The van der Waals surface area contributed by atoms with Crippen LogP contribution >= 0.6 is 11.3 Å². The summed E-state index contributed by atoms with van der Waals surface area (Å²) in [7, 11) is 0. The highest BCUT2D eigenvalue weighted by Crippen LogP contribution is 2.22. The van der Waals surface area contributed by atoms with Gasteiger partial charge in [-0.15, -0.1) is 11.3 Å². The predicted octanol–water partition coefficient (Wildman–Crippen LogP) is 4.20. The molecule has 2 aromatic carbocycles. The van der Waals surface area contributed by atoms with Crippen molar-refractivity contribution in [2.24, 2.45) is 0 Å². The second-order valence-corrected chi connectivity index (χ2v) is 6.45. The molecule has 4 heteroatoms. The first kappa shape index (κ1) is 14.7. The van der Waals surface area contributed by atoms with Crippen LogP contribution in [0.25, 0.3) is 10.2 Å². The molecule has 0 N–H and O–H groups in total. The van der Waals surface area contributed by atoms with Crippen molar-refractivity contribution in [3.8, 4) is 0 Å². The minimum Gasteiger partial charge on any atom is -0.458 e. The molecule has 0 saturated carbocycles. The fraction of sp³-hybridized carbons (Fsp3) is 0.222. The molecule has 0 aliphatic carbocycles. The van der Waals surface area contributed by atoms with Crippen LogP contribution in [0.15, 0.2) is 42.5 Å². The van der Waals surface area contributed by atoms with E-state index in [1.807, 2.05) is 49.4 Å². The largest absolute Gasteiger partial charge is 0.458 e. The van der Waals surface area contributed by atoms with Crippen molar-refractivity contribution in [2.45, 2.75) is 26.9 Å². The van der Waals surface area contributed by atoms with Crippen molar-refractivity contribution >= 4 is 27.5 Å². The quantitative estimate of drug-likeness (QED) is 0.678. The van der Waals surface area contributed by atoms with Crippen molar-refractivity contribution < 1.29 is 9.53 Å². The number of carbonyl (C=O) groups is 1. The van der Waals surface area contributed by atoms with E-state index in [2.05, 4.69) is 11.9 Å². The Morgan fingerprint density at radius 1 is 1.14 bits per heavy atom. The number of thiazole rings is 1. The lowest BCUT2D eigenvalue weighted by atomic mass is 10.0. The number of aromatic nitrogens is 1. The molecular formula is C18H17NO2S. The molecule has 1 heterocycles. The molecule has 0 bridgehead atoms. The molecule has 22 heavy (non-hydrogen) atoms. The summed E-state index contributed by atoms with van der Waals surface area (Å²) < 4.78 is 6.45. The van der Waals surface area contributed by atoms with Crippen LogP contribution in [0.5, 0.6) is 0 Å². The van der Waals surface area contributed by atoms with Crippen molar-refractivity contribution in [1.82, 2.24) is 4.98 Å².